The fourth-order valence-corrected chi connectivity index (χ4v) is 6.99. The lowest BCUT2D eigenvalue weighted by atomic mass is 9.89. The van der Waals surface area contributed by atoms with Crippen LogP contribution in [0.4, 0.5) is 15.3 Å². The number of rotatable bonds is 35. The normalized spacial score (nSPS) is 12.2. The molecule has 7 N–H and O–H groups in total. The van der Waals surface area contributed by atoms with Gasteiger partial charge in [-0.1, -0.05) is 83.8 Å². The zero-order valence-electron chi connectivity index (χ0n) is 39.3. The minimum atomic E-state index is -0.864. The highest BCUT2D eigenvalue weighted by Crippen LogP contribution is 2.20. The van der Waals surface area contributed by atoms with Crippen LogP contribution in [0.2, 0.25) is 0 Å². The average molecular weight is 1080 g/mol. The van der Waals surface area contributed by atoms with Crippen LogP contribution in [-0.2, 0) is 71.5 Å². The Morgan fingerprint density at radius 2 is 1.40 bits per heavy atom. The van der Waals surface area contributed by atoms with Gasteiger partial charge in [-0.15, -0.1) is 5.10 Å². The first-order valence-corrected chi connectivity index (χ1v) is 24.5. The number of aromatic nitrogens is 3. The van der Waals surface area contributed by atoms with Crippen LogP contribution >= 0.6 is 31.9 Å². The maximum absolute atomic E-state index is 13.6. The van der Waals surface area contributed by atoms with Crippen molar-refractivity contribution in [3.63, 3.8) is 0 Å². The Kier molecular flexibility index (Phi) is 28.9. The Morgan fingerprint density at radius 3 is 2.00 bits per heavy atom. The summed E-state index contributed by atoms with van der Waals surface area (Å²) in [7, 11) is 0. The van der Waals surface area contributed by atoms with Gasteiger partial charge in [-0.05, 0) is 36.5 Å². The summed E-state index contributed by atoms with van der Waals surface area (Å²) in [6.45, 7) is 12.0. The molecule has 6 amide bonds. The van der Waals surface area contributed by atoms with E-state index in [1.54, 1.807) is 63.6 Å². The third-order valence-corrected chi connectivity index (χ3v) is 10.9. The molecule has 21 nitrogen and oxygen atoms in total. The minimum Gasteiger partial charge on any atom is -0.445 e. The molecule has 67 heavy (non-hydrogen) atoms. The Labute approximate surface area is 409 Å². The number of Topliss-reactive ketones (excluding diaryl/α,β-unsaturated/α-hetero) is 2. The number of amides is 6. The molecule has 0 aliphatic heterocycles. The number of nitrogens with two attached hydrogens (primary N) is 1. The van der Waals surface area contributed by atoms with Crippen LogP contribution in [0.3, 0.4) is 0 Å². The van der Waals surface area contributed by atoms with E-state index in [1.807, 2.05) is 0 Å². The highest BCUT2D eigenvalue weighted by molar-refractivity contribution is 9.09. The summed E-state index contributed by atoms with van der Waals surface area (Å²) in [4.78, 5) is 87.4. The van der Waals surface area contributed by atoms with E-state index in [0.29, 0.717) is 61.2 Å². The summed E-state index contributed by atoms with van der Waals surface area (Å²) in [6.07, 6.45) is -0.113. The molecule has 1 aromatic heterocycles. The molecule has 0 aliphatic rings. The predicted molar refractivity (Wildman–Crippen MR) is 255 cm³/mol. The summed E-state index contributed by atoms with van der Waals surface area (Å²) in [5.74, 6) is -2.54. The number of hydrogen-bond donors (Lipinski definition) is 6. The Morgan fingerprint density at radius 1 is 0.776 bits per heavy atom. The van der Waals surface area contributed by atoms with E-state index in [4.69, 9.17) is 29.4 Å². The second-order valence-corrected chi connectivity index (χ2v) is 17.8. The number of carbonyl (C=O) groups is 7. The summed E-state index contributed by atoms with van der Waals surface area (Å²) in [6, 6.07) is 5.00. The molecule has 23 heteroatoms. The van der Waals surface area contributed by atoms with Crippen molar-refractivity contribution in [1.29, 1.82) is 0 Å². The molecule has 0 saturated carbocycles. The number of urea groups is 1. The smallest absolute Gasteiger partial charge is 0.407 e. The summed E-state index contributed by atoms with van der Waals surface area (Å²) in [5, 5.41) is 22.8. The SMILES string of the molecule is CC(C)[C@H](NC(=O)CCOCCOCCNC(=O)CCOCCOCCn1nnc(CBr)c1CBr)C(=O)C[C@@H](CCCNC(N)=O)C(=O)Nc1ccc(COC(=O)NCC(=O)C(C)(C)C)cc1. The van der Waals surface area contributed by atoms with Gasteiger partial charge in [-0.2, -0.15) is 0 Å². The molecule has 0 fully saturated rings. The molecule has 2 rings (SSSR count). The van der Waals surface area contributed by atoms with E-state index in [1.165, 1.54) is 0 Å². The molecule has 0 unspecified atom stereocenters. The highest BCUT2D eigenvalue weighted by Gasteiger charge is 2.29. The third-order valence-electron chi connectivity index (χ3n) is 9.88. The van der Waals surface area contributed by atoms with Gasteiger partial charge in [0.15, 0.2) is 11.6 Å². The Balaban J connectivity index is 1.67. The molecular formula is C44H69Br2N9O12. The first-order chi connectivity index (χ1) is 31.9. The number of primary amides is 1. The van der Waals surface area contributed by atoms with E-state index < -0.39 is 41.3 Å². The van der Waals surface area contributed by atoms with Gasteiger partial charge in [-0.3, -0.25) is 24.0 Å². The van der Waals surface area contributed by atoms with E-state index in [9.17, 15) is 33.6 Å². The number of halogens is 2. The first-order valence-electron chi connectivity index (χ1n) is 22.2. The molecule has 0 spiro atoms. The number of nitrogens with one attached hydrogen (secondary N) is 5. The largest absolute Gasteiger partial charge is 0.445 e. The van der Waals surface area contributed by atoms with E-state index in [-0.39, 0.29) is 102 Å². The highest BCUT2D eigenvalue weighted by atomic mass is 79.9. The van der Waals surface area contributed by atoms with Crippen molar-refractivity contribution in [3.05, 3.63) is 41.2 Å². The van der Waals surface area contributed by atoms with E-state index in [0.717, 1.165) is 11.4 Å². The number of carbonyl (C=O) groups excluding carboxylic acids is 7. The van der Waals surface area contributed by atoms with Gasteiger partial charge in [-0.25, -0.2) is 14.3 Å². The van der Waals surface area contributed by atoms with Crippen molar-refractivity contribution in [2.24, 2.45) is 23.0 Å². The molecule has 1 aromatic carbocycles. The molecule has 376 valence electrons. The molecule has 1 heterocycles. The van der Waals surface area contributed by atoms with Crippen LogP contribution in [0.1, 0.15) is 83.7 Å². The van der Waals surface area contributed by atoms with E-state index >= 15 is 0 Å². The number of ether oxygens (including phenoxy) is 5. The van der Waals surface area contributed by atoms with Crippen molar-refractivity contribution in [3.8, 4) is 0 Å². The molecule has 0 radical (unpaired) electrons. The summed E-state index contributed by atoms with van der Waals surface area (Å²) < 4.78 is 29.1. The van der Waals surface area contributed by atoms with Crippen LogP contribution in [0.25, 0.3) is 0 Å². The topological polar surface area (TPSA) is 283 Å². The van der Waals surface area contributed by atoms with Gasteiger partial charge in [0.25, 0.3) is 0 Å². The van der Waals surface area contributed by atoms with Crippen molar-refractivity contribution >= 4 is 79.0 Å². The van der Waals surface area contributed by atoms with Crippen LogP contribution in [0, 0.1) is 17.3 Å². The van der Waals surface area contributed by atoms with Gasteiger partial charge in [0.1, 0.15) is 6.61 Å². The molecule has 2 atom stereocenters. The van der Waals surface area contributed by atoms with Crippen molar-refractivity contribution in [2.45, 2.75) is 96.6 Å². The lowest BCUT2D eigenvalue weighted by Gasteiger charge is -2.24. The van der Waals surface area contributed by atoms with Gasteiger partial charge in [0.2, 0.25) is 17.7 Å². The maximum atomic E-state index is 13.6. The van der Waals surface area contributed by atoms with Crippen LogP contribution in [0.5, 0.6) is 0 Å². The zero-order valence-corrected chi connectivity index (χ0v) is 42.4. The van der Waals surface area contributed by atoms with Crippen molar-refractivity contribution in [1.82, 2.24) is 36.3 Å². The number of nitrogens with zero attached hydrogens (tertiary/aromatic N) is 3. The van der Waals surface area contributed by atoms with Gasteiger partial charge >= 0.3 is 12.1 Å². The fourth-order valence-electron chi connectivity index (χ4n) is 5.94. The molecule has 2 aromatic rings. The van der Waals surface area contributed by atoms with Gasteiger partial charge in [0, 0.05) is 60.0 Å². The van der Waals surface area contributed by atoms with Crippen molar-refractivity contribution in [2.75, 3.05) is 77.8 Å². The predicted octanol–water partition coefficient (Wildman–Crippen LogP) is 3.68. The molecular weight excluding hydrogens is 1010 g/mol. The van der Waals surface area contributed by atoms with Gasteiger partial charge in [0.05, 0.1) is 83.4 Å². The standard InChI is InChI=1S/C44H69Br2N9O12/c1-30(2)40(52-39(59)13-18-64-21-23-65-19-15-48-38(58)12-17-63-22-24-66-20-16-55-35(27-46)34(26-45)53-54-55)36(56)25-32(7-6-14-49-42(47)61)41(60)51-33-10-8-31(9-11-33)29-67-43(62)50-28-37(57)44(3,4)5/h8-11,30,32,40H,6-7,12-29H2,1-5H3,(H,48,58)(H,50,62)(H,51,60)(H,52,59)(H3,47,49,61)/t32-,40+/m1/s1. The average Bonchev–Trinajstić information content (AvgIpc) is 3.69. The maximum Gasteiger partial charge on any atom is 0.407 e. The second-order valence-electron chi connectivity index (χ2n) is 16.7. The number of alkyl carbamates (subject to hydrolysis) is 1. The lowest BCUT2D eigenvalue weighted by molar-refractivity contribution is -0.131. The van der Waals surface area contributed by atoms with Crippen LogP contribution < -0.4 is 32.3 Å². The monoisotopic (exact) mass is 1070 g/mol. The second kappa shape index (κ2) is 33.0. The molecule has 0 saturated heterocycles. The number of alkyl halides is 2. The Bertz CT molecular complexity index is 1840. The minimum absolute atomic E-state index is 0.00829. The van der Waals surface area contributed by atoms with Crippen molar-refractivity contribution < 1.29 is 57.2 Å². The fraction of sp³-hybridized carbons (Fsp3) is 0.659. The van der Waals surface area contributed by atoms with Crippen LogP contribution in [0.15, 0.2) is 24.3 Å². The number of benzene rings is 1. The quantitative estimate of drug-likeness (QED) is 0.0425. The Hall–Kier alpha value is -4.55. The first kappa shape index (κ1) is 58.6. The number of anilines is 1. The summed E-state index contributed by atoms with van der Waals surface area (Å²) >= 11 is 6.85. The zero-order chi connectivity index (χ0) is 49.6. The molecule has 0 aliphatic carbocycles. The van der Waals surface area contributed by atoms with Crippen LogP contribution in [-0.4, -0.2) is 135 Å². The number of hydrogen-bond acceptors (Lipinski definition) is 14. The number of ketones is 2. The van der Waals surface area contributed by atoms with Gasteiger partial charge < -0.3 is 56.0 Å². The third kappa shape index (κ3) is 25.4. The summed E-state index contributed by atoms with van der Waals surface area (Å²) in [5.41, 5.74) is 7.54. The molecule has 0 bridgehead atoms. The lowest BCUT2D eigenvalue weighted by Crippen LogP contribution is -2.45. The van der Waals surface area contributed by atoms with E-state index in [2.05, 4.69) is 68.8 Å².